The van der Waals surface area contributed by atoms with Crippen molar-refractivity contribution in [2.75, 3.05) is 4.90 Å². The standard InChI is InChI=1S/C52H40N2O/c1-3-15-35(16-4-1)40-24-13-17-36-18-14-25-44(52(36)40)41-21-7-10-26-47(41)53(39-30-32-51-46(34-39)43-23-9-12-28-50(43)55-51)38-29-31-49-45(33-38)42-22-8-11-27-48(42)54(49)37-19-5-2-6-20-37/h2,5-14,17-35H,1,3-4,15-16H2. The van der Waals surface area contributed by atoms with E-state index in [1.807, 2.05) is 6.07 Å². The topological polar surface area (TPSA) is 21.3 Å². The minimum absolute atomic E-state index is 0.586. The molecule has 0 aliphatic heterocycles. The van der Waals surface area contributed by atoms with Gasteiger partial charge < -0.3 is 13.9 Å². The summed E-state index contributed by atoms with van der Waals surface area (Å²) < 4.78 is 8.73. The number of hydrogen-bond acceptors (Lipinski definition) is 2. The van der Waals surface area contributed by atoms with Crippen LogP contribution in [-0.4, -0.2) is 4.57 Å². The zero-order chi connectivity index (χ0) is 36.3. The molecule has 0 saturated heterocycles. The zero-order valence-electron chi connectivity index (χ0n) is 30.7. The highest BCUT2D eigenvalue weighted by atomic mass is 16.3. The Kier molecular flexibility index (Phi) is 7.58. The van der Waals surface area contributed by atoms with E-state index in [0.717, 1.165) is 44.7 Å². The van der Waals surface area contributed by atoms with E-state index in [9.17, 15) is 0 Å². The highest BCUT2D eigenvalue weighted by Gasteiger charge is 2.24. The van der Waals surface area contributed by atoms with Gasteiger partial charge in [-0.15, -0.1) is 0 Å². The molecule has 11 rings (SSSR count). The molecule has 3 nitrogen and oxygen atoms in total. The van der Waals surface area contributed by atoms with Crippen molar-refractivity contribution in [1.29, 1.82) is 0 Å². The molecular weight excluding hydrogens is 669 g/mol. The molecule has 3 heteroatoms. The quantitative estimate of drug-likeness (QED) is 0.171. The summed E-state index contributed by atoms with van der Waals surface area (Å²) in [5.41, 5.74) is 12.7. The van der Waals surface area contributed by atoms with Crippen molar-refractivity contribution >= 4 is 71.6 Å². The lowest BCUT2D eigenvalue weighted by Crippen LogP contribution is -2.11. The number of furan rings is 1. The minimum Gasteiger partial charge on any atom is -0.456 e. The summed E-state index contributed by atoms with van der Waals surface area (Å²) in [6.07, 6.45) is 6.48. The van der Waals surface area contributed by atoms with Crippen molar-refractivity contribution in [3.8, 4) is 16.8 Å². The third-order valence-corrected chi connectivity index (χ3v) is 12.0. The van der Waals surface area contributed by atoms with E-state index in [0.29, 0.717) is 5.92 Å². The van der Waals surface area contributed by atoms with Crippen molar-refractivity contribution in [2.45, 2.75) is 38.0 Å². The number of anilines is 3. The average molecular weight is 709 g/mol. The number of benzene rings is 8. The maximum atomic E-state index is 6.34. The average Bonchev–Trinajstić information content (AvgIpc) is 3.79. The molecule has 1 aliphatic rings. The van der Waals surface area contributed by atoms with Crippen molar-refractivity contribution in [1.82, 2.24) is 4.57 Å². The van der Waals surface area contributed by atoms with Crippen molar-refractivity contribution in [2.24, 2.45) is 0 Å². The lowest BCUT2D eigenvalue weighted by molar-refractivity contribution is 0.445. The van der Waals surface area contributed by atoms with E-state index >= 15 is 0 Å². The molecule has 0 bridgehead atoms. The van der Waals surface area contributed by atoms with Gasteiger partial charge >= 0.3 is 0 Å². The summed E-state index contributed by atoms with van der Waals surface area (Å²) in [5, 5.41) is 7.39. The predicted molar refractivity (Wildman–Crippen MR) is 232 cm³/mol. The van der Waals surface area contributed by atoms with Crippen LogP contribution in [0.5, 0.6) is 0 Å². The van der Waals surface area contributed by atoms with Gasteiger partial charge in [0.25, 0.3) is 0 Å². The van der Waals surface area contributed by atoms with Crippen LogP contribution < -0.4 is 4.90 Å². The van der Waals surface area contributed by atoms with Crippen LogP contribution in [0.2, 0.25) is 0 Å². The van der Waals surface area contributed by atoms with E-state index in [-0.39, 0.29) is 0 Å². The van der Waals surface area contributed by atoms with Gasteiger partial charge in [0.1, 0.15) is 11.2 Å². The number of rotatable bonds is 6. The number of fused-ring (bicyclic) bond motifs is 7. The third kappa shape index (κ3) is 5.26. The molecule has 264 valence electrons. The lowest BCUT2D eigenvalue weighted by Gasteiger charge is -2.29. The van der Waals surface area contributed by atoms with Gasteiger partial charge in [0.15, 0.2) is 0 Å². The minimum atomic E-state index is 0.586. The van der Waals surface area contributed by atoms with Gasteiger partial charge in [0.05, 0.1) is 16.7 Å². The Morgan fingerprint density at radius 1 is 0.473 bits per heavy atom. The molecule has 0 spiro atoms. The highest BCUT2D eigenvalue weighted by molar-refractivity contribution is 6.12. The first-order valence-corrected chi connectivity index (χ1v) is 19.7. The highest BCUT2D eigenvalue weighted by Crippen LogP contribution is 2.47. The SMILES string of the molecule is c1ccc(-n2c3ccccc3c3cc(N(c4ccc5oc6ccccc6c5c4)c4ccccc4-c4cccc5cccc(C6CCCCC6)c45)ccc32)cc1. The zero-order valence-corrected chi connectivity index (χ0v) is 30.7. The second-order valence-corrected chi connectivity index (χ2v) is 15.1. The van der Waals surface area contributed by atoms with Crippen LogP contribution in [0.4, 0.5) is 17.1 Å². The maximum Gasteiger partial charge on any atom is 0.135 e. The molecule has 0 N–H and O–H groups in total. The Morgan fingerprint density at radius 2 is 1.13 bits per heavy atom. The van der Waals surface area contributed by atoms with Gasteiger partial charge in [-0.2, -0.15) is 0 Å². The Bertz CT molecular complexity index is 3030. The van der Waals surface area contributed by atoms with Crippen LogP contribution in [0.1, 0.15) is 43.6 Å². The second kappa shape index (κ2) is 13.1. The van der Waals surface area contributed by atoms with Gasteiger partial charge in [-0.1, -0.05) is 128 Å². The summed E-state index contributed by atoms with van der Waals surface area (Å²) in [5.74, 6) is 0.586. The summed E-state index contributed by atoms with van der Waals surface area (Å²) in [7, 11) is 0. The number of aromatic nitrogens is 1. The first kappa shape index (κ1) is 31.9. The molecule has 0 amide bonds. The molecule has 0 unspecified atom stereocenters. The smallest absolute Gasteiger partial charge is 0.135 e. The largest absolute Gasteiger partial charge is 0.456 e. The Balaban J connectivity index is 1.18. The summed E-state index contributed by atoms with van der Waals surface area (Å²) in [6, 6.07) is 64.3. The van der Waals surface area contributed by atoms with E-state index < -0.39 is 0 Å². The van der Waals surface area contributed by atoms with Crippen LogP contribution in [-0.2, 0) is 0 Å². The summed E-state index contributed by atoms with van der Waals surface area (Å²) >= 11 is 0. The van der Waals surface area contributed by atoms with Crippen molar-refractivity contribution < 1.29 is 4.42 Å². The van der Waals surface area contributed by atoms with Gasteiger partial charge in [0, 0.05) is 44.2 Å². The molecule has 1 aliphatic carbocycles. The van der Waals surface area contributed by atoms with Crippen LogP contribution in [0.25, 0.3) is 71.3 Å². The molecule has 0 atom stereocenters. The molecule has 1 saturated carbocycles. The summed E-state index contributed by atoms with van der Waals surface area (Å²) in [4.78, 5) is 2.46. The van der Waals surface area contributed by atoms with Crippen molar-refractivity contribution in [3.63, 3.8) is 0 Å². The van der Waals surface area contributed by atoms with Crippen molar-refractivity contribution in [3.05, 3.63) is 181 Å². The fourth-order valence-electron chi connectivity index (χ4n) is 9.48. The molecule has 8 aromatic carbocycles. The summed E-state index contributed by atoms with van der Waals surface area (Å²) in [6.45, 7) is 0. The molecule has 0 radical (unpaired) electrons. The first-order chi connectivity index (χ1) is 27.3. The monoisotopic (exact) mass is 708 g/mol. The molecule has 10 aromatic rings. The molecule has 1 fully saturated rings. The third-order valence-electron chi connectivity index (χ3n) is 12.0. The number of para-hydroxylation sites is 4. The van der Waals surface area contributed by atoms with E-state index in [1.54, 1.807) is 0 Å². The van der Waals surface area contributed by atoms with Crippen LogP contribution in [0, 0.1) is 0 Å². The Hall–Kier alpha value is -6.58. The first-order valence-electron chi connectivity index (χ1n) is 19.7. The molecule has 2 heterocycles. The van der Waals surface area contributed by atoms with E-state index in [1.165, 1.54) is 81.4 Å². The van der Waals surface area contributed by atoms with Gasteiger partial charge in [-0.3, -0.25) is 0 Å². The number of hydrogen-bond donors (Lipinski definition) is 0. The lowest BCUT2D eigenvalue weighted by atomic mass is 9.80. The maximum absolute atomic E-state index is 6.34. The molecule has 2 aromatic heterocycles. The van der Waals surface area contributed by atoms with E-state index in [4.69, 9.17) is 4.42 Å². The van der Waals surface area contributed by atoms with Crippen LogP contribution >= 0.6 is 0 Å². The second-order valence-electron chi connectivity index (χ2n) is 15.1. The Morgan fingerprint density at radius 3 is 2.00 bits per heavy atom. The molecule has 55 heavy (non-hydrogen) atoms. The van der Waals surface area contributed by atoms with Gasteiger partial charge in [0.2, 0.25) is 0 Å². The molecular formula is C52H40N2O. The fraction of sp³-hybridized carbons (Fsp3) is 0.115. The Labute approximate surface area is 320 Å². The van der Waals surface area contributed by atoms with Gasteiger partial charge in [-0.25, -0.2) is 0 Å². The normalized spacial score (nSPS) is 13.7. The predicted octanol–water partition coefficient (Wildman–Crippen LogP) is 15.0. The van der Waals surface area contributed by atoms with Crippen LogP contribution in [0.15, 0.2) is 180 Å². The number of nitrogens with zero attached hydrogens (tertiary/aromatic N) is 2. The fourth-order valence-corrected chi connectivity index (χ4v) is 9.48. The van der Waals surface area contributed by atoms with Gasteiger partial charge in [-0.05, 0) is 107 Å². The van der Waals surface area contributed by atoms with E-state index in [2.05, 4.69) is 179 Å². The van der Waals surface area contributed by atoms with Crippen LogP contribution in [0.3, 0.4) is 0 Å².